The first kappa shape index (κ1) is 31.0. The van der Waals surface area contributed by atoms with Gasteiger partial charge >= 0.3 is 124 Å². The summed E-state index contributed by atoms with van der Waals surface area (Å²) >= 11 is 2.78. The topological polar surface area (TPSA) is 122 Å². The molecular formula is C12H8CrO7. The van der Waals surface area contributed by atoms with Crippen LogP contribution in [0.1, 0.15) is 12.7 Å². The SMILES string of the molecule is CCO[C](=[Cr])c1ccco1.[C-]#[O+].[C-]#[O+].[C-]#[O+].[C-]#[O+].[C-]#[O+]. The molecule has 0 bridgehead atoms. The molecule has 0 atom stereocenters. The molecule has 0 saturated heterocycles. The maximum absolute atomic E-state index is 7.50. The maximum atomic E-state index is 7.50. The zero-order valence-electron chi connectivity index (χ0n) is 10.2. The summed E-state index contributed by atoms with van der Waals surface area (Å²) in [6.07, 6.45) is 1.62. The van der Waals surface area contributed by atoms with Crippen molar-refractivity contribution in [2.75, 3.05) is 6.61 Å². The molecule has 20 heavy (non-hydrogen) atoms. The first-order chi connectivity index (χ1) is 9.84. The van der Waals surface area contributed by atoms with Crippen LogP contribution in [0.25, 0.3) is 0 Å². The fourth-order valence-electron chi connectivity index (χ4n) is 0.597. The summed E-state index contributed by atoms with van der Waals surface area (Å²) < 4.78 is 48.4. The molecule has 0 aliphatic carbocycles. The van der Waals surface area contributed by atoms with E-state index in [2.05, 4.69) is 49.1 Å². The van der Waals surface area contributed by atoms with Crippen LogP contribution in [0.4, 0.5) is 0 Å². The Bertz CT molecular complexity index is 349. The molecule has 104 valence electrons. The van der Waals surface area contributed by atoms with Crippen LogP contribution in [0.2, 0.25) is 0 Å². The molecule has 0 aromatic carbocycles. The number of rotatable bonds is 3. The van der Waals surface area contributed by atoms with Gasteiger partial charge in [-0.15, -0.1) is 0 Å². The number of hydrogen-bond acceptors (Lipinski definition) is 2. The van der Waals surface area contributed by atoms with E-state index in [1.165, 1.54) is 0 Å². The van der Waals surface area contributed by atoms with Gasteiger partial charge in [-0.1, -0.05) is 0 Å². The van der Waals surface area contributed by atoms with E-state index in [1.807, 2.05) is 19.1 Å². The quantitative estimate of drug-likeness (QED) is 0.613. The fraction of sp³-hybridized carbons (Fsp3) is 0.167. The molecule has 1 heterocycles. The molecule has 0 amide bonds. The first-order valence-electron chi connectivity index (χ1n) is 4.07. The van der Waals surface area contributed by atoms with Gasteiger partial charge in [0.05, 0.1) is 0 Å². The van der Waals surface area contributed by atoms with Crippen LogP contribution in [0.5, 0.6) is 0 Å². The summed E-state index contributed by atoms with van der Waals surface area (Å²) in [5.41, 5.74) is 0. The molecule has 0 aliphatic rings. The number of ether oxygens (including phenoxy) is 1. The van der Waals surface area contributed by atoms with Crippen LogP contribution in [0.15, 0.2) is 22.8 Å². The van der Waals surface area contributed by atoms with Crippen molar-refractivity contribution < 1.29 is 48.3 Å². The van der Waals surface area contributed by atoms with E-state index in [0.29, 0.717) is 11.2 Å². The second-order valence-corrected chi connectivity index (χ2v) is 2.28. The summed E-state index contributed by atoms with van der Waals surface area (Å²) in [5, 5.41) is 0. The van der Waals surface area contributed by atoms with Crippen molar-refractivity contribution in [1.29, 1.82) is 0 Å². The Morgan fingerprint density at radius 2 is 1.45 bits per heavy atom. The van der Waals surface area contributed by atoms with E-state index < -0.39 is 0 Å². The number of hydrogen-bond donors (Lipinski definition) is 0. The molecular weight excluding hydrogens is 308 g/mol. The molecule has 0 N–H and O–H groups in total. The minimum absolute atomic E-state index is 0.656. The molecule has 1 aromatic rings. The average Bonchev–Trinajstić information content (AvgIpc) is 3.12. The molecule has 0 radical (unpaired) electrons. The Labute approximate surface area is 124 Å². The zero-order chi connectivity index (χ0) is 17.4. The van der Waals surface area contributed by atoms with Crippen molar-refractivity contribution in [3.05, 3.63) is 57.4 Å². The van der Waals surface area contributed by atoms with Crippen molar-refractivity contribution in [3.63, 3.8) is 0 Å². The van der Waals surface area contributed by atoms with E-state index >= 15 is 0 Å². The summed E-state index contributed by atoms with van der Waals surface area (Å²) in [6, 6.07) is 3.67. The Kier molecular flexibility index (Phi) is 67.1. The standard InChI is InChI=1S/C7H8O2.5CO.Cr/c1-2-8-6-7-4-3-5-9-7;5*1-2;/h3-5H,2H2,1H3;;;;;;. The Balaban J connectivity index is -0.0000000639. The molecule has 1 rings (SSSR count). The second-order valence-electron chi connectivity index (χ2n) is 1.70. The third kappa shape index (κ3) is 25.3. The predicted molar refractivity (Wildman–Crippen MR) is 54.1 cm³/mol. The van der Waals surface area contributed by atoms with Gasteiger partial charge in [-0.25, -0.2) is 0 Å². The van der Waals surface area contributed by atoms with Crippen molar-refractivity contribution in [3.8, 4) is 0 Å². The van der Waals surface area contributed by atoms with Crippen molar-refractivity contribution in [2.24, 2.45) is 0 Å². The van der Waals surface area contributed by atoms with Crippen LogP contribution in [0, 0.1) is 33.3 Å². The fourth-order valence-corrected chi connectivity index (χ4v) is 0.962. The van der Waals surface area contributed by atoms with Gasteiger partial charge in [-0.2, -0.15) is 0 Å². The van der Waals surface area contributed by atoms with Gasteiger partial charge in [0.2, 0.25) is 0 Å². The van der Waals surface area contributed by atoms with Gasteiger partial charge < -0.3 is 0 Å². The number of furan rings is 1. The molecule has 0 spiro atoms. The summed E-state index contributed by atoms with van der Waals surface area (Å²) in [5.74, 6) is 0.752. The predicted octanol–water partition coefficient (Wildman–Crippen LogP) is 1.15. The van der Waals surface area contributed by atoms with Crippen LogP contribution < -0.4 is 0 Å². The van der Waals surface area contributed by atoms with Crippen LogP contribution in [-0.2, 0) is 43.8 Å². The van der Waals surface area contributed by atoms with Crippen molar-refractivity contribution in [1.82, 2.24) is 0 Å². The third-order valence-corrected chi connectivity index (χ3v) is 1.50. The van der Waals surface area contributed by atoms with Gasteiger partial charge in [0.1, 0.15) is 0 Å². The van der Waals surface area contributed by atoms with Crippen LogP contribution in [0.3, 0.4) is 0 Å². The van der Waals surface area contributed by atoms with E-state index in [1.54, 1.807) is 6.26 Å². The minimum atomic E-state index is 0.656. The van der Waals surface area contributed by atoms with Crippen LogP contribution >= 0.6 is 0 Å². The van der Waals surface area contributed by atoms with Gasteiger partial charge in [0, 0.05) is 0 Å². The van der Waals surface area contributed by atoms with E-state index in [9.17, 15) is 0 Å². The molecule has 0 fully saturated rings. The van der Waals surface area contributed by atoms with Crippen LogP contribution in [-0.4, -0.2) is 11.2 Å². The molecule has 0 saturated carbocycles. The van der Waals surface area contributed by atoms with E-state index in [-0.39, 0.29) is 0 Å². The second kappa shape index (κ2) is 43.3. The zero-order valence-corrected chi connectivity index (χ0v) is 11.5. The molecule has 8 heteroatoms. The summed E-state index contributed by atoms with van der Waals surface area (Å²) in [7, 11) is 0. The Morgan fingerprint density at radius 1 is 1.05 bits per heavy atom. The Morgan fingerprint density at radius 3 is 1.70 bits per heavy atom. The van der Waals surface area contributed by atoms with E-state index in [0.717, 1.165) is 5.76 Å². The van der Waals surface area contributed by atoms with Gasteiger partial charge in [0.15, 0.2) is 0 Å². The third-order valence-electron chi connectivity index (χ3n) is 0.998. The normalized spacial score (nSPS) is 5.35. The summed E-state index contributed by atoms with van der Waals surface area (Å²) in [4.78, 5) is 0. The van der Waals surface area contributed by atoms with Gasteiger partial charge in [-0.05, 0) is 0 Å². The van der Waals surface area contributed by atoms with Gasteiger partial charge in [0.25, 0.3) is 0 Å². The average molecular weight is 316 g/mol. The molecule has 7 nitrogen and oxygen atoms in total. The molecule has 0 unspecified atom stereocenters. The van der Waals surface area contributed by atoms with Crippen molar-refractivity contribution in [2.45, 2.75) is 6.92 Å². The Hall–Kier alpha value is -1.66. The monoisotopic (exact) mass is 316 g/mol. The summed E-state index contributed by atoms with van der Waals surface area (Å²) in [6.45, 7) is 25.1. The van der Waals surface area contributed by atoms with Crippen molar-refractivity contribution >= 4 is 4.57 Å². The molecule has 0 aliphatic heterocycles. The first-order valence-corrected chi connectivity index (χ1v) is 4.71. The van der Waals surface area contributed by atoms with E-state index in [4.69, 9.17) is 32.4 Å². The molecule has 1 aromatic heterocycles. The van der Waals surface area contributed by atoms with Gasteiger partial charge in [-0.3, -0.25) is 0 Å².